The molecule has 1 N–H and O–H groups in total. The monoisotopic (exact) mass is 189 g/mol. The van der Waals surface area contributed by atoms with Crippen LogP contribution in [0.3, 0.4) is 0 Å². The molecule has 1 aromatic carbocycles. The lowest BCUT2D eigenvalue weighted by atomic mass is 10.1. The fraction of sp³-hybridized carbons (Fsp3) is 0.333. The predicted molar refractivity (Wildman–Crippen MR) is 58.8 cm³/mol. The van der Waals surface area contributed by atoms with Gasteiger partial charge in [0.05, 0.1) is 6.61 Å². The quantitative estimate of drug-likeness (QED) is 0.788. The smallest absolute Gasteiger partial charge is 0.128 e. The zero-order valence-electron chi connectivity index (χ0n) is 8.63. The Kier molecular flexibility index (Phi) is 2.44. The number of rotatable bonds is 3. The van der Waals surface area contributed by atoms with Crippen molar-refractivity contribution in [2.75, 3.05) is 6.61 Å². The van der Waals surface area contributed by atoms with Crippen LogP contribution in [0.1, 0.15) is 19.4 Å². The number of nitrogens with one attached hydrogen (secondary N) is 1. The zero-order chi connectivity index (χ0) is 9.97. The first-order chi connectivity index (χ1) is 6.86. The molecular formula is C12H15NO. The summed E-state index contributed by atoms with van der Waals surface area (Å²) in [6.07, 6.45) is 3.09. The number of hydrogen-bond donors (Lipinski definition) is 1. The summed E-state index contributed by atoms with van der Waals surface area (Å²) in [5.74, 6) is 0.989. The topological polar surface area (TPSA) is 25.0 Å². The van der Waals surface area contributed by atoms with Crippen LogP contribution in [0.15, 0.2) is 24.4 Å². The lowest BCUT2D eigenvalue weighted by Gasteiger charge is -2.05. The van der Waals surface area contributed by atoms with E-state index in [1.807, 2.05) is 19.1 Å². The maximum atomic E-state index is 5.60. The van der Waals surface area contributed by atoms with Gasteiger partial charge in [-0.1, -0.05) is 13.0 Å². The van der Waals surface area contributed by atoms with E-state index in [1.54, 1.807) is 0 Å². The molecule has 0 spiro atoms. The second-order valence-corrected chi connectivity index (χ2v) is 3.28. The Morgan fingerprint density at radius 3 is 2.86 bits per heavy atom. The van der Waals surface area contributed by atoms with Crippen molar-refractivity contribution < 1.29 is 4.74 Å². The number of benzene rings is 1. The minimum Gasteiger partial charge on any atom is -0.493 e. The van der Waals surface area contributed by atoms with Crippen LogP contribution >= 0.6 is 0 Å². The predicted octanol–water partition coefficient (Wildman–Crippen LogP) is 3.13. The van der Waals surface area contributed by atoms with E-state index in [0.717, 1.165) is 17.7 Å². The van der Waals surface area contributed by atoms with Gasteiger partial charge in [-0.3, -0.25) is 0 Å². The highest BCUT2D eigenvalue weighted by Gasteiger charge is 2.06. The summed E-state index contributed by atoms with van der Waals surface area (Å²) in [5, 5.41) is 1.23. The summed E-state index contributed by atoms with van der Waals surface area (Å²) in [7, 11) is 0. The Hall–Kier alpha value is -1.44. The highest BCUT2D eigenvalue weighted by Crippen LogP contribution is 2.28. The van der Waals surface area contributed by atoms with E-state index in [4.69, 9.17) is 4.74 Å². The van der Waals surface area contributed by atoms with Gasteiger partial charge in [0, 0.05) is 17.1 Å². The Balaban J connectivity index is 2.62. The molecule has 2 aromatic rings. The summed E-state index contributed by atoms with van der Waals surface area (Å²) in [6.45, 7) is 4.88. The number of aryl methyl sites for hydroxylation is 1. The Bertz CT molecular complexity index is 431. The van der Waals surface area contributed by atoms with E-state index in [-0.39, 0.29) is 0 Å². The largest absolute Gasteiger partial charge is 0.493 e. The van der Waals surface area contributed by atoms with Crippen LogP contribution in [0.2, 0.25) is 0 Å². The number of ether oxygens (including phenoxy) is 1. The van der Waals surface area contributed by atoms with Crippen molar-refractivity contribution in [3.05, 3.63) is 30.0 Å². The number of aromatic amines is 1. The van der Waals surface area contributed by atoms with Crippen molar-refractivity contribution in [2.24, 2.45) is 0 Å². The van der Waals surface area contributed by atoms with Gasteiger partial charge in [-0.25, -0.2) is 0 Å². The van der Waals surface area contributed by atoms with E-state index < -0.39 is 0 Å². The minimum atomic E-state index is 0.716. The van der Waals surface area contributed by atoms with Crippen LogP contribution in [-0.2, 0) is 6.42 Å². The highest BCUT2D eigenvalue weighted by molar-refractivity contribution is 5.89. The van der Waals surface area contributed by atoms with Crippen molar-refractivity contribution in [1.82, 2.24) is 4.98 Å². The SMILES string of the molecule is CCOc1cccc2[nH]cc(CC)c12. The molecule has 0 saturated heterocycles. The molecule has 0 aliphatic carbocycles. The molecule has 2 heteroatoms. The second-order valence-electron chi connectivity index (χ2n) is 3.28. The molecular weight excluding hydrogens is 174 g/mol. The lowest BCUT2D eigenvalue weighted by molar-refractivity contribution is 0.344. The summed E-state index contributed by atoms with van der Waals surface area (Å²) in [5.41, 5.74) is 2.48. The van der Waals surface area contributed by atoms with Crippen molar-refractivity contribution in [3.63, 3.8) is 0 Å². The van der Waals surface area contributed by atoms with Crippen LogP contribution < -0.4 is 4.74 Å². The molecule has 0 unspecified atom stereocenters. The second kappa shape index (κ2) is 3.74. The summed E-state index contributed by atoms with van der Waals surface area (Å²) in [4.78, 5) is 3.26. The average Bonchev–Trinajstić information content (AvgIpc) is 2.62. The van der Waals surface area contributed by atoms with E-state index >= 15 is 0 Å². The van der Waals surface area contributed by atoms with Crippen LogP contribution in [0, 0.1) is 0 Å². The Morgan fingerprint density at radius 1 is 1.29 bits per heavy atom. The number of hydrogen-bond acceptors (Lipinski definition) is 1. The average molecular weight is 189 g/mol. The van der Waals surface area contributed by atoms with E-state index in [0.29, 0.717) is 6.61 Å². The van der Waals surface area contributed by atoms with Crippen LogP contribution in [0.4, 0.5) is 0 Å². The van der Waals surface area contributed by atoms with E-state index in [9.17, 15) is 0 Å². The third kappa shape index (κ3) is 1.37. The van der Waals surface area contributed by atoms with Gasteiger partial charge in [0.1, 0.15) is 5.75 Å². The van der Waals surface area contributed by atoms with Gasteiger partial charge in [-0.2, -0.15) is 0 Å². The molecule has 1 aromatic heterocycles. The molecule has 0 amide bonds. The summed E-state index contributed by atoms with van der Waals surface area (Å²) >= 11 is 0. The number of aromatic nitrogens is 1. The normalized spacial score (nSPS) is 10.7. The third-order valence-corrected chi connectivity index (χ3v) is 2.43. The molecule has 14 heavy (non-hydrogen) atoms. The van der Waals surface area contributed by atoms with Gasteiger partial charge in [0.15, 0.2) is 0 Å². The van der Waals surface area contributed by atoms with Gasteiger partial charge >= 0.3 is 0 Å². The molecule has 0 atom stereocenters. The van der Waals surface area contributed by atoms with Gasteiger partial charge in [-0.15, -0.1) is 0 Å². The fourth-order valence-electron chi connectivity index (χ4n) is 1.77. The van der Waals surface area contributed by atoms with E-state index in [2.05, 4.69) is 24.2 Å². The van der Waals surface area contributed by atoms with Gasteiger partial charge in [0.25, 0.3) is 0 Å². The molecule has 0 saturated carbocycles. The molecule has 0 fully saturated rings. The molecule has 0 aliphatic rings. The summed E-state index contributed by atoms with van der Waals surface area (Å²) in [6, 6.07) is 6.12. The standard InChI is InChI=1S/C12H15NO/c1-3-9-8-13-10-6-5-7-11(12(9)10)14-4-2/h5-8,13H,3-4H2,1-2H3. The highest BCUT2D eigenvalue weighted by atomic mass is 16.5. The first kappa shape index (κ1) is 9.13. The van der Waals surface area contributed by atoms with Crippen LogP contribution in [0.5, 0.6) is 5.75 Å². The maximum Gasteiger partial charge on any atom is 0.128 e. The molecule has 0 aliphatic heterocycles. The zero-order valence-corrected chi connectivity index (χ0v) is 8.63. The minimum absolute atomic E-state index is 0.716. The molecule has 0 bridgehead atoms. The molecule has 2 nitrogen and oxygen atoms in total. The molecule has 2 rings (SSSR count). The molecule has 74 valence electrons. The molecule has 1 heterocycles. The summed E-state index contributed by atoms with van der Waals surface area (Å²) < 4.78 is 5.60. The first-order valence-electron chi connectivity index (χ1n) is 5.08. The lowest BCUT2D eigenvalue weighted by Crippen LogP contribution is -1.92. The van der Waals surface area contributed by atoms with Crippen LogP contribution in [-0.4, -0.2) is 11.6 Å². The first-order valence-corrected chi connectivity index (χ1v) is 5.08. The molecule has 0 radical (unpaired) electrons. The van der Waals surface area contributed by atoms with Gasteiger partial charge in [0.2, 0.25) is 0 Å². The van der Waals surface area contributed by atoms with Crippen LogP contribution in [0.25, 0.3) is 10.9 Å². The fourth-order valence-corrected chi connectivity index (χ4v) is 1.77. The van der Waals surface area contributed by atoms with Crippen molar-refractivity contribution in [3.8, 4) is 5.75 Å². The Labute approximate surface area is 83.9 Å². The van der Waals surface area contributed by atoms with Crippen molar-refractivity contribution in [1.29, 1.82) is 0 Å². The van der Waals surface area contributed by atoms with Crippen molar-refractivity contribution >= 4 is 10.9 Å². The number of H-pyrrole nitrogens is 1. The van der Waals surface area contributed by atoms with Gasteiger partial charge < -0.3 is 9.72 Å². The third-order valence-electron chi connectivity index (χ3n) is 2.43. The van der Waals surface area contributed by atoms with Crippen molar-refractivity contribution in [2.45, 2.75) is 20.3 Å². The van der Waals surface area contributed by atoms with Gasteiger partial charge in [-0.05, 0) is 31.0 Å². The Morgan fingerprint density at radius 2 is 2.14 bits per heavy atom. The van der Waals surface area contributed by atoms with E-state index in [1.165, 1.54) is 10.9 Å². The number of fused-ring (bicyclic) bond motifs is 1. The maximum absolute atomic E-state index is 5.60.